The standard InChI is InChI=1S/C31H32N4O3/c1-20-18-24(29-32-21(2)38-34-29)8-10-26(20)22-4-6-23(7-5-22)30(36)33-25-9-11-28-27(19-25)31(14-17-37-28)12-15-35(3)16-13-31/h4-11,18-19H,12-17H2,1-3H3,(H,33,36). The first-order valence-electron chi connectivity index (χ1n) is 13.2. The van der Waals surface area contributed by atoms with Gasteiger partial charge in [0.25, 0.3) is 5.91 Å². The SMILES string of the molecule is Cc1nc(-c2ccc(-c3ccc(C(=O)Nc4ccc5c(c4)C4(CCO5)CCN(C)CC4)cc3)c(C)c2)no1. The zero-order valence-corrected chi connectivity index (χ0v) is 22.1. The fraction of sp³-hybridized carbons (Fsp3) is 0.323. The number of rotatable bonds is 4. The minimum absolute atomic E-state index is 0.120. The number of hydrogen-bond acceptors (Lipinski definition) is 6. The van der Waals surface area contributed by atoms with Crippen LogP contribution in [0.15, 0.2) is 65.2 Å². The first-order chi connectivity index (χ1) is 18.4. The molecule has 38 heavy (non-hydrogen) atoms. The number of aryl methyl sites for hydroxylation is 2. The highest BCUT2D eigenvalue weighted by Gasteiger charge is 2.40. The summed E-state index contributed by atoms with van der Waals surface area (Å²) in [6.07, 6.45) is 3.27. The van der Waals surface area contributed by atoms with E-state index in [1.807, 2.05) is 42.5 Å². The van der Waals surface area contributed by atoms with Crippen molar-refractivity contribution >= 4 is 11.6 Å². The second-order valence-corrected chi connectivity index (χ2v) is 10.6. The zero-order chi connectivity index (χ0) is 26.3. The first-order valence-corrected chi connectivity index (χ1v) is 13.2. The van der Waals surface area contributed by atoms with E-state index in [9.17, 15) is 4.79 Å². The van der Waals surface area contributed by atoms with Crippen LogP contribution in [0.2, 0.25) is 0 Å². The van der Waals surface area contributed by atoms with Crippen molar-refractivity contribution < 1.29 is 14.1 Å². The molecule has 3 heterocycles. The van der Waals surface area contributed by atoms with Crippen LogP contribution in [0.25, 0.3) is 22.5 Å². The number of fused-ring (bicyclic) bond motifs is 2. The third-order valence-electron chi connectivity index (χ3n) is 8.06. The Labute approximate surface area is 222 Å². The Balaban J connectivity index is 1.19. The van der Waals surface area contributed by atoms with Crippen molar-refractivity contribution in [2.45, 2.75) is 38.5 Å². The maximum Gasteiger partial charge on any atom is 0.255 e. The van der Waals surface area contributed by atoms with Gasteiger partial charge in [-0.25, -0.2) is 0 Å². The van der Waals surface area contributed by atoms with Gasteiger partial charge >= 0.3 is 0 Å². The lowest BCUT2D eigenvalue weighted by Crippen LogP contribution is -2.43. The molecule has 1 N–H and O–H groups in total. The van der Waals surface area contributed by atoms with E-state index in [2.05, 4.69) is 52.5 Å². The van der Waals surface area contributed by atoms with E-state index in [0.717, 1.165) is 72.6 Å². The first kappa shape index (κ1) is 24.4. The Hall–Kier alpha value is -3.97. The van der Waals surface area contributed by atoms with E-state index in [1.165, 1.54) is 5.56 Å². The highest BCUT2D eigenvalue weighted by molar-refractivity contribution is 6.04. The minimum atomic E-state index is -0.120. The number of anilines is 1. The number of amides is 1. The summed E-state index contributed by atoms with van der Waals surface area (Å²) in [6, 6.07) is 19.9. The normalized spacial score (nSPS) is 16.6. The molecule has 0 unspecified atom stereocenters. The van der Waals surface area contributed by atoms with E-state index < -0.39 is 0 Å². The Kier molecular flexibility index (Phi) is 6.24. The van der Waals surface area contributed by atoms with Crippen LogP contribution in [-0.4, -0.2) is 47.7 Å². The van der Waals surface area contributed by atoms with Crippen molar-refractivity contribution in [2.24, 2.45) is 0 Å². The van der Waals surface area contributed by atoms with Crippen molar-refractivity contribution in [2.75, 3.05) is 32.1 Å². The number of benzene rings is 3. The summed E-state index contributed by atoms with van der Waals surface area (Å²) in [4.78, 5) is 19.8. The number of hydrogen-bond donors (Lipinski definition) is 1. The van der Waals surface area contributed by atoms with E-state index in [4.69, 9.17) is 9.26 Å². The molecule has 1 fully saturated rings. The fourth-order valence-corrected chi connectivity index (χ4v) is 5.75. The number of aromatic nitrogens is 2. The summed E-state index contributed by atoms with van der Waals surface area (Å²) in [5, 5.41) is 7.12. The lowest BCUT2D eigenvalue weighted by molar-refractivity contribution is 0.102. The monoisotopic (exact) mass is 508 g/mol. The molecule has 3 aromatic carbocycles. The minimum Gasteiger partial charge on any atom is -0.493 e. The number of piperidine rings is 1. The Morgan fingerprint density at radius 1 is 0.947 bits per heavy atom. The number of ether oxygens (including phenoxy) is 1. The van der Waals surface area contributed by atoms with Gasteiger partial charge in [0.15, 0.2) is 0 Å². The Bertz CT molecular complexity index is 1480. The topological polar surface area (TPSA) is 80.5 Å². The molecule has 7 heteroatoms. The number of nitrogens with zero attached hydrogens (tertiary/aromatic N) is 3. The average molecular weight is 509 g/mol. The van der Waals surface area contributed by atoms with Gasteiger partial charge in [0.05, 0.1) is 6.61 Å². The summed E-state index contributed by atoms with van der Waals surface area (Å²) in [7, 11) is 2.18. The molecule has 0 bridgehead atoms. The predicted molar refractivity (Wildman–Crippen MR) is 148 cm³/mol. The summed E-state index contributed by atoms with van der Waals surface area (Å²) in [6.45, 7) is 6.77. The zero-order valence-electron chi connectivity index (χ0n) is 22.1. The van der Waals surface area contributed by atoms with Crippen molar-refractivity contribution in [3.63, 3.8) is 0 Å². The third-order valence-corrected chi connectivity index (χ3v) is 8.06. The van der Waals surface area contributed by atoms with E-state index in [1.54, 1.807) is 6.92 Å². The molecule has 0 aliphatic carbocycles. The second kappa shape index (κ2) is 9.72. The second-order valence-electron chi connectivity index (χ2n) is 10.6. The number of nitrogens with one attached hydrogen (secondary N) is 1. The molecular weight excluding hydrogens is 476 g/mol. The van der Waals surface area contributed by atoms with Crippen LogP contribution >= 0.6 is 0 Å². The largest absolute Gasteiger partial charge is 0.493 e. The molecule has 0 saturated carbocycles. The van der Waals surface area contributed by atoms with Gasteiger partial charge in [-0.1, -0.05) is 29.4 Å². The highest BCUT2D eigenvalue weighted by Crippen LogP contribution is 2.46. The Morgan fingerprint density at radius 3 is 2.42 bits per heavy atom. The van der Waals surface area contributed by atoms with Crippen LogP contribution in [0, 0.1) is 13.8 Å². The van der Waals surface area contributed by atoms with Gasteiger partial charge in [-0.15, -0.1) is 0 Å². The van der Waals surface area contributed by atoms with Gasteiger partial charge in [-0.2, -0.15) is 4.98 Å². The molecule has 1 spiro atoms. The molecule has 194 valence electrons. The van der Waals surface area contributed by atoms with Crippen molar-refractivity contribution in [3.8, 4) is 28.3 Å². The smallest absolute Gasteiger partial charge is 0.255 e. The molecule has 4 aromatic rings. The Morgan fingerprint density at radius 2 is 1.71 bits per heavy atom. The van der Waals surface area contributed by atoms with Gasteiger partial charge in [-0.3, -0.25) is 4.79 Å². The van der Waals surface area contributed by atoms with E-state index in [-0.39, 0.29) is 11.3 Å². The number of carbonyl (C=O) groups is 1. The van der Waals surface area contributed by atoms with Crippen LogP contribution in [0.4, 0.5) is 5.69 Å². The maximum atomic E-state index is 13.1. The molecule has 1 saturated heterocycles. The number of likely N-dealkylation sites (tertiary alicyclic amines) is 1. The average Bonchev–Trinajstić information content (AvgIpc) is 3.37. The summed E-state index contributed by atoms with van der Waals surface area (Å²) >= 11 is 0. The molecule has 2 aliphatic heterocycles. The molecule has 1 aromatic heterocycles. The molecule has 6 rings (SSSR count). The molecule has 0 atom stereocenters. The van der Waals surface area contributed by atoms with Crippen molar-refractivity contribution in [1.82, 2.24) is 15.0 Å². The van der Waals surface area contributed by atoms with E-state index in [0.29, 0.717) is 17.3 Å². The van der Waals surface area contributed by atoms with E-state index >= 15 is 0 Å². The molecule has 2 aliphatic rings. The van der Waals surface area contributed by atoms with Crippen LogP contribution in [0.3, 0.4) is 0 Å². The van der Waals surface area contributed by atoms with Crippen LogP contribution < -0.4 is 10.1 Å². The van der Waals surface area contributed by atoms with Crippen LogP contribution in [-0.2, 0) is 5.41 Å². The predicted octanol–water partition coefficient (Wildman–Crippen LogP) is 6.02. The number of carbonyl (C=O) groups excluding carboxylic acids is 1. The van der Waals surface area contributed by atoms with Gasteiger partial charge < -0.3 is 19.5 Å². The van der Waals surface area contributed by atoms with Gasteiger partial charge in [-0.05, 0) is 99.4 Å². The molecule has 0 radical (unpaired) electrons. The molecule has 1 amide bonds. The fourth-order valence-electron chi connectivity index (χ4n) is 5.75. The molecule has 7 nitrogen and oxygen atoms in total. The quantitative estimate of drug-likeness (QED) is 0.363. The van der Waals surface area contributed by atoms with Crippen molar-refractivity contribution in [3.05, 3.63) is 83.2 Å². The lowest BCUT2D eigenvalue weighted by atomic mass is 9.69. The van der Waals surface area contributed by atoms with Gasteiger partial charge in [0.2, 0.25) is 11.7 Å². The highest BCUT2D eigenvalue weighted by atomic mass is 16.5. The molecular formula is C31H32N4O3. The van der Waals surface area contributed by atoms with Crippen LogP contribution in [0.1, 0.15) is 46.6 Å². The van der Waals surface area contributed by atoms with Crippen LogP contribution in [0.5, 0.6) is 5.75 Å². The maximum absolute atomic E-state index is 13.1. The third kappa shape index (κ3) is 4.58. The van der Waals surface area contributed by atoms with Gasteiger partial charge in [0.1, 0.15) is 5.75 Å². The summed E-state index contributed by atoms with van der Waals surface area (Å²) in [5.41, 5.74) is 6.96. The van der Waals surface area contributed by atoms with Crippen molar-refractivity contribution in [1.29, 1.82) is 0 Å². The summed E-state index contributed by atoms with van der Waals surface area (Å²) < 4.78 is 11.1. The lowest BCUT2D eigenvalue weighted by Gasteiger charge is -2.44. The summed E-state index contributed by atoms with van der Waals surface area (Å²) in [5.74, 6) is 1.96. The van der Waals surface area contributed by atoms with Gasteiger partial charge in [0, 0.05) is 34.7 Å².